The van der Waals surface area contributed by atoms with E-state index in [0.29, 0.717) is 0 Å². The minimum absolute atomic E-state index is 0.0761. The molecule has 0 bridgehead atoms. The summed E-state index contributed by atoms with van der Waals surface area (Å²) in [6.45, 7) is 10.5. The van der Waals surface area contributed by atoms with Gasteiger partial charge in [-0.2, -0.15) is 0 Å². The minimum atomic E-state index is 0.0761. The highest BCUT2D eigenvalue weighted by Crippen LogP contribution is 2.28. The van der Waals surface area contributed by atoms with Crippen LogP contribution in [0.4, 0.5) is 0 Å². The van der Waals surface area contributed by atoms with Crippen LogP contribution in [0.3, 0.4) is 0 Å². The summed E-state index contributed by atoms with van der Waals surface area (Å²) in [5, 5.41) is 15.5. The molecule has 5 nitrogen and oxygen atoms in total. The zero-order valence-electron chi connectivity index (χ0n) is 11.5. The number of nitrogens with one attached hydrogen (secondary N) is 1. The van der Waals surface area contributed by atoms with Gasteiger partial charge in [-0.3, -0.25) is 0 Å². The third-order valence-corrected chi connectivity index (χ3v) is 3.67. The smallest absolute Gasteiger partial charge is 0.165 e. The Bertz CT molecular complexity index is 308. The molecule has 1 aromatic heterocycles. The lowest BCUT2D eigenvalue weighted by molar-refractivity contribution is 0.212. The van der Waals surface area contributed by atoms with E-state index in [-0.39, 0.29) is 5.54 Å². The van der Waals surface area contributed by atoms with Crippen molar-refractivity contribution >= 4 is 0 Å². The lowest BCUT2D eigenvalue weighted by Gasteiger charge is -2.31. The van der Waals surface area contributed by atoms with Crippen LogP contribution in [0, 0.1) is 0 Å². The van der Waals surface area contributed by atoms with Gasteiger partial charge in [-0.25, -0.2) is 4.68 Å². The van der Waals surface area contributed by atoms with E-state index in [1.54, 1.807) is 0 Å². The first-order valence-corrected chi connectivity index (χ1v) is 6.72. The van der Waals surface area contributed by atoms with Crippen LogP contribution in [0.2, 0.25) is 0 Å². The van der Waals surface area contributed by atoms with Gasteiger partial charge in [0.1, 0.15) is 0 Å². The third kappa shape index (κ3) is 3.03. The van der Waals surface area contributed by atoms with Gasteiger partial charge >= 0.3 is 0 Å². The number of hydrogen-bond acceptors (Lipinski definition) is 4. The summed E-state index contributed by atoms with van der Waals surface area (Å²) in [5.74, 6) is 0.948. The highest BCUT2D eigenvalue weighted by molar-refractivity contribution is 4.91. The third-order valence-electron chi connectivity index (χ3n) is 3.67. The first-order chi connectivity index (χ1) is 8.24. The molecule has 0 unspecified atom stereocenters. The van der Waals surface area contributed by atoms with Crippen molar-refractivity contribution in [1.82, 2.24) is 25.5 Å². The molecule has 0 saturated carbocycles. The number of rotatable bonds is 8. The lowest BCUT2D eigenvalue weighted by Crippen LogP contribution is -2.35. The molecule has 1 rings (SSSR count). The summed E-state index contributed by atoms with van der Waals surface area (Å²) in [6, 6.07) is 0. The second kappa shape index (κ2) is 6.69. The summed E-state index contributed by atoms with van der Waals surface area (Å²) in [4.78, 5) is 0. The lowest BCUT2D eigenvalue weighted by atomic mass is 9.90. The normalized spacial score (nSPS) is 12.0. The molecule has 17 heavy (non-hydrogen) atoms. The molecule has 0 spiro atoms. The van der Waals surface area contributed by atoms with Crippen molar-refractivity contribution in [3.8, 4) is 0 Å². The quantitative estimate of drug-likeness (QED) is 0.706. The molecule has 1 heterocycles. The van der Waals surface area contributed by atoms with Crippen LogP contribution in [0.25, 0.3) is 0 Å². The van der Waals surface area contributed by atoms with Crippen LogP contribution < -0.4 is 5.32 Å². The molecule has 0 radical (unpaired) electrons. The molecular weight excluding hydrogens is 214 g/mol. The molecule has 0 atom stereocenters. The maximum atomic E-state index is 4.20. The summed E-state index contributed by atoms with van der Waals surface area (Å²) in [6.07, 6.45) is 4.31. The van der Waals surface area contributed by atoms with Crippen LogP contribution in [-0.2, 0) is 12.1 Å². The van der Waals surface area contributed by atoms with Gasteiger partial charge in [0.2, 0.25) is 0 Å². The summed E-state index contributed by atoms with van der Waals surface area (Å²) in [7, 11) is 0. The molecule has 0 saturated heterocycles. The van der Waals surface area contributed by atoms with Gasteiger partial charge in [0.25, 0.3) is 0 Å². The summed E-state index contributed by atoms with van der Waals surface area (Å²) >= 11 is 0. The average molecular weight is 239 g/mol. The van der Waals surface area contributed by atoms with Crippen LogP contribution in [0.15, 0.2) is 0 Å². The van der Waals surface area contributed by atoms with E-state index in [1.807, 2.05) is 4.68 Å². The van der Waals surface area contributed by atoms with Gasteiger partial charge in [-0.1, -0.05) is 27.7 Å². The average Bonchev–Trinajstić information content (AvgIpc) is 2.82. The van der Waals surface area contributed by atoms with Crippen molar-refractivity contribution in [2.75, 3.05) is 6.54 Å². The van der Waals surface area contributed by atoms with Gasteiger partial charge in [-0.05, 0) is 42.7 Å². The molecule has 0 amide bonds. The van der Waals surface area contributed by atoms with E-state index in [9.17, 15) is 0 Å². The molecule has 0 aromatic carbocycles. The SMILES string of the molecule is CCCNCc1nnnn1C(CC)(CC)CC. The van der Waals surface area contributed by atoms with Crippen molar-refractivity contribution in [2.24, 2.45) is 0 Å². The topological polar surface area (TPSA) is 55.6 Å². The molecule has 0 aliphatic rings. The molecule has 0 aliphatic carbocycles. The van der Waals surface area contributed by atoms with E-state index >= 15 is 0 Å². The Morgan fingerprint density at radius 1 is 1.12 bits per heavy atom. The van der Waals surface area contributed by atoms with E-state index in [1.165, 1.54) is 0 Å². The summed E-state index contributed by atoms with van der Waals surface area (Å²) < 4.78 is 2.02. The highest BCUT2D eigenvalue weighted by Gasteiger charge is 2.30. The van der Waals surface area contributed by atoms with E-state index in [2.05, 4.69) is 48.5 Å². The standard InChI is InChI=1S/C12H25N5/c1-5-9-13-10-11-14-15-16-17(11)12(6-2,7-3)8-4/h13H,5-10H2,1-4H3. The number of tetrazole rings is 1. The van der Waals surface area contributed by atoms with E-state index in [4.69, 9.17) is 0 Å². The van der Waals surface area contributed by atoms with E-state index < -0.39 is 0 Å². The predicted molar refractivity (Wildman–Crippen MR) is 68.7 cm³/mol. The number of aromatic nitrogens is 4. The molecule has 1 aromatic rings. The largest absolute Gasteiger partial charge is 0.310 e. The predicted octanol–water partition coefficient (Wildman–Crippen LogP) is 2.10. The number of hydrogen-bond donors (Lipinski definition) is 1. The maximum Gasteiger partial charge on any atom is 0.165 e. The molecule has 0 fully saturated rings. The summed E-state index contributed by atoms with van der Waals surface area (Å²) in [5.41, 5.74) is 0.0761. The van der Waals surface area contributed by atoms with Crippen molar-refractivity contribution in [3.63, 3.8) is 0 Å². The Labute approximate surface area is 104 Å². The van der Waals surface area contributed by atoms with Gasteiger partial charge in [0, 0.05) is 0 Å². The Hall–Kier alpha value is -0.970. The zero-order chi connectivity index (χ0) is 12.7. The van der Waals surface area contributed by atoms with Gasteiger partial charge < -0.3 is 5.32 Å². The molecule has 98 valence electrons. The first-order valence-electron chi connectivity index (χ1n) is 6.72. The van der Waals surface area contributed by atoms with Crippen LogP contribution in [0.1, 0.15) is 59.2 Å². The Balaban J connectivity index is 2.85. The molecule has 1 N–H and O–H groups in total. The maximum absolute atomic E-state index is 4.20. The second-order valence-electron chi connectivity index (χ2n) is 4.47. The van der Waals surface area contributed by atoms with Gasteiger partial charge in [0.05, 0.1) is 12.1 Å². The zero-order valence-corrected chi connectivity index (χ0v) is 11.5. The van der Waals surface area contributed by atoms with Gasteiger partial charge in [-0.15, -0.1) is 5.10 Å². The van der Waals surface area contributed by atoms with Gasteiger partial charge in [0.15, 0.2) is 5.82 Å². The van der Waals surface area contributed by atoms with E-state index in [0.717, 1.165) is 44.6 Å². The van der Waals surface area contributed by atoms with Crippen molar-refractivity contribution < 1.29 is 0 Å². The van der Waals surface area contributed by atoms with Crippen LogP contribution >= 0.6 is 0 Å². The second-order valence-corrected chi connectivity index (χ2v) is 4.47. The van der Waals surface area contributed by atoms with Crippen molar-refractivity contribution in [2.45, 2.75) is 65.5 Å². The Morgan fingerprint density at radius 2 is 1.76 bits per heavy atom. The highest BCUT2D eigenvalue weighted by atomic mass is 15.6. The Morgan fingerprint density at radius 3 is 2.29 bits per heavy atom. The van der Waals surface area contributed by atoms with Crippen LogP contribution in [0.5, 0.6) is 0 Å². The minimum Gasteiger partial charge on any atom is -0.310 e. The Kier molecular flexibility index (Phi) is 5.55. The van der Waals surface area contributed by atoms with Crippen LogP contribution in [-0.4, -0.2) is 26.8 Å². The monoisotopic (exact) mass is 239 g/mol. The number of nitrogens with zero attached hydrogens (tertiary/aromatic N) is 4. The molecule has 0 aliphatic heterocycles. The van der Waals surface area contributed by atoms with Crippen molar-refractivity contribution in [3.05, 3.63) is 5.82 Å². The molecular formula is C12H25N5. The first kappa shape index (κ1) is 14.1. The fourth-order valence-electron chi connectivity index (χ4n) is 2.26. The molecule has 5 heteroatoms. The van der Waals surface area contributed by atoms with Crippen molar-refractivity contribution in [1.29, 1.82) is 0 Å². The fourth-order valence-corrected chi connectivity index (χ4v) is 2.26. The fraction of sp³-hybridized carbons (Fsp3) is 0.917.